The van der Waals surface area contributed by atoms with E-state index in [1.54, 1.807) is 11.3 Å². The summed E-state index contributed by atoms with van der Waals surface area (Å²) in [4.78, 5) is 5.58. The van der Waals surface area contributed by atoms with Crippen LogP contribution in [0.3, 0.4) is 0 Å². The Kier molecular flexibility index (Phi) is 2.53. The summed E-state index contributed by atoms with van der Waals surface area (Å²) in [6.45, 7) is 0. The Bertz CT molecular complexity index is 312. The fourth-order valence-corrected chi connectivity index (χ4v) is 4.12. The van der Waals surface area contributed by atoms with Crippen molar-refractivity contribution < 1.29 is 0 Å². The van der Waals surface area contributed by atoms with Crippen LogP contribution in [0.25, 0.3) is 0 Å². The van der Waals surface area contributed by atoms with Crippen LogP contribution in [-0.4, -0.2) is 18.1 Å². The molecule has 0 aliphatic heterocycles. The lowest BCUT2D eigenvalue weighted by atomic mass is 10.0. The molecule has 3 rings (SSSR count). The van der Waals surface area contributed by atoms with E-state index in [0.717, 1.165) is 17.8 Å². The minimum absolute atomic E-state index is 0.695. The van der Waals surface area contributed by atoms with E-state index in [2.05, 4.69) is 17.3 Å². The molecule has 1 heterocycles. The van der Waals surface area contributed by atoms with Gasteiger partial charge in [0.25, 0.3) is 0 Å². The number of nitrogens with one attached hydrogen (secondary N) is 1. The van der Waals surface area contributed by atoms with Gasteiger partial charge in [-0.25, -0.2) is 0 Å². The SMILES string of the molecule is CNC(Cc1cncs1)C1C2CCCC21. The summed E-state index contributed by atoms with van der Waals surface area (Å²) in [5.41, 5.74) is 1.94. The van der Waals surface area contributed by atoms with Gasteiger partial charge < -0.3 is 5.32 Å². The molecule has 82 valence electrons. The molecule has 2 saturated carbocycles. The monoisotopic (exact) mass is 222 g/mol. The minimum atomic E-state index is 0.695. The molecule has 0 amide bonds. The van der Waals surface area contributed by atoms with Crippen LogP contribution in [0.2, 0.25) is 0 Å². The highest BCUT2D eigenvalue weighted by molar-refractivity contribution is 7.09. The molecular formula is C12H18N2S. The van der Waals surface area contributed by atoms with Gasteiger partial charge >= 0.3 is 0 Å². The smallest absolute Gasteiger partial charge is 0.0794 e. The molecule has 3 unspecified atom stereocenters. The second-order valence-electron chi connectivity index (χ2n) is 4.90. The minimum Gasteiger partial charge on any atom is -0.316 e. The van der Waals surface area contributed by atoms with Crippen molar-refractivity contribution in [2.45, 2.75) is 31.7 Å². The van der Waals surface area contributed by atoms with Crippen molar-refractivity contribution in [3.05, 3.63) is 16.6 Å². The zero-order chi connectivity index (χ0) is 10.3. The Morgan fingerprint density at radius 1 is 1.53 bits per heavy atom. The van der Waals surface area contributed by atoms with Gasteiger partial charge in [0.1, 0.15) is 0 Å². The average molecular weight is 222 g/mol. The average Bonchev–Trinajstić information content (AvgIpc) is 2.73. The Morgan fingerprint density at radius 3 is 2.93 bits per heavy atom. The number of thiazole rings is 1. The van der Waals surface area contributed by atoms with Gasteiger partial charge in [-0.1, -0.05) is 6.42 Å². The summed E-state index contributed by atoms with van der Waals surface area (Å²) in [6.07, 6.45) is 7.64. The summed E-state index contributed by atoms with van der Waals surface area (Å²) in [7, 11) is 2.11. The number of rotatable bonds is 4. The van der Waals surface area contributed by atoms with Gasteiger partial charge in [0, 0.05) is 17.1 Å². The van der Waals surface area contributed by atoms with Crippen LogP contribution in [0.5, 0.6) is 0 Å². The van der Waals surface area contributed by atoms with E-state index in [1.165, 1.54) is 30.6 Å². The largest absolute Gasteiger partial charge is 0.316 e. The van der Waals surface area contributed by atoms with Gasteiger partial charge in [0.2, 0.25) is 0 Å². The zero-order valence-electron chi connectivity index (χ0n) is 9.15. The predicted molar refractivity (Wildman–Crippen MR) is 63.0 cm³/mol. The summed E-state index contributed by atoms with van der Waals surface area (Å²) in [6, 6.07) is 0.695. The van der Waals surface area contributed by atoms with Crippen molar-refractivity contribution >= 4 is 11.3 Å². The van der Waals surface area contributed by atoms with Gasteiger partial charge in [-0.05, 0) is 44.1 Å². The predicted octanol–water partition coefficient (Wildman–Crippen LogP) is 2.32. The fraction of sp³-hybridized carbons (Fsp3) is 0.750. The molecule has 1 aromatic heterocycles. The first-order chi connectivity index (χ1) is 7.40. The first kappa shape index (κ1) is 9.79. The quantitative estimate of drug-likeness (QED) is 0.845. The maximum absolute atomic E-state index is 4.15. The molecule has 2 aliphatic carbocycles. The van der Waals surface area contributed by atoms with Crippen molar-refractivity contribution in [1.29, 1.82) is 0 Å². The van der Waals surface area contributed by atoms with E-state index < -0.39 is 0 Å². The van der Waals surface area contributed by atoms with Crippen molar-refractivity contribution in [3.8, 4) is 0 Å². The van der Waals surface area contributed by atoms with Crippen LogP contribution in [0.1, 0.15) is 24.1 Å². The molecule has 3 atom stereocenters. The highest BCUT2D eigenvalue weighted by Gasteiger charge is 2.55. The van der Waals surface area contributed by atoms with Crippen molar-refractivity contribution in [2.24, 2.45) is 17.8 Å². The third-order valence-electron chi connectivity index (χ3n) is 4.21. The zero-order valence-corrected chi connectivity index (χ0v) is 9.96. The van der Waals surface area contributed by atoms with E-state index in [-0.39, 0.29) is 0 Å². The lowest BCUT2D eigenvalue weighted by Crippen LogP contribution is -2.31. The molecule has 0 aromatic carbocycles. The molecule has 2 nitrogen and oxygen atoms in total. The maximum atomic E-state index is 4.15. The van der Waals surface area contributed by atoms with Crippen LogP contribution >= 0.6 is 11.3 Å². The second kappa shape index (κ2) is 3.87. The first-order valence-corrected chi connectivity index (χ1v) is 6.82. The molecule has 0 radical (unpaired) electrons. The standard InChI is InChI=1S/C12H18N2S/c1-13-11(5-8-6-14-7-15-8)12-9-3-2-4-10(9)12/h6-7,9-13H,2-5H2,1H3. The number of hydrogen-bond donors (Lipinski definition) is 1. The molecule has 2 fully saturated rings. The number of nitrogens with zero attached hydrogens (tertiary/aromatic N) is 1. The van der Waals surface area contributed by atoms with Gasteiger partial charge in [-0.2, -0.15) is 0 Å². The molecule has 0 saturated heterocycles. The van der Waals surface area contributed by atoms with E-state index in [1.807, 2.05) is 11.7 Å². The normalized spacial score (nSPS) is 35.1. The van der Waals surface area contributed by atoms with Crippen LogP contribution in [0, 0.1) is 17.8 Å². The van der Waals surface area contributed by atoms with Crippen LogP contribution in [0.15, 0.2) is 11.7 Å². The molecule has 15 heavy (non-hydrogen) atoms. The molecule has 0 bridgehead atoms. The van der Waals surface area contributed by atoms with Crippen LogP contribution in [0.4, 0.5) is 0 Å². The van der Waals surface area contributed by atoms with E-state index >= 15 is 0 Å². The number of aromatic nitrogens is 1. The summed E-state index contributed by atoms with van der Waals surface area (Å²) < 4.78 is 0. The molecule has 2 aliphatic rings. The van der Waals surface area contributed by atoms with E-state index in [0.29, 0.717) is 6.04 Å². The third-order valence-corrected chi connectivity index (χ3v) is 5.01. The first-order valence-electron chi connectivity index (χ1n) is 5.95. The molecule has 3 heteroatoms. The second-order valence-corrected chi connectivity index (χ2v) is 5.87. The molecule has 1 aromatic rings. The summed E-state index contributed by atoms with van der Waals surface area (Å²) >= 11 is 1.79. The Balaban J connectivity index is 1.63. The molecule has 1 N–H and O–H groups in total. The maximum Gasteiger partial charge on any atom is 0.0794 e. The fourth-order valence-electron chi connectivity index (χ4n) is 3.46. The molecule has 0 spiro atoms. The highest BCUT2D eigenvalue weighted by Crippen LogP contribution is 2.59. The molecular weight excluding hydrogens is 204 g/mol. The third kappa shape index (κ3) is 1.72. The van der Waals surface area contributed by atoms with Gasteiger partial charge in [0.05, 0.1) is 5.51 Å². The Morgan fingerprint density at radius 2 is 2.33 bits per heavy atom. The number of hydrogen-bond acceptors (Lipinski definition) is 3. The number of fused-ring (bicyclic) bond motifs is 1. The highest BCUT2D eigenvalue weighted by atomic mass is 32.1. The Labute approximate surface area is 95.1 Å². The lowest BCUT2D eigenvalue weighted by Gasteiger charge is -2.16. The summed E-state index contributed by atoms with van der Waals surface area (Å²) in [5, 5.41) is 3.51. The van der Waals surface area contributed by atoms with Crippen molar-refractivity contribution in [3.63, 3.8) is 0 Å². The summed E-state index contributed by atoms with van der Waals surface area (Å²) in [5.74, 6) is 3.07. The van der Waals surface area contributed by atoms with Gasteiger partial charge in [-0.15, -0.1) is 11.3 Å². The lowest BCUT2D eigenvalue weighted by molar-refractivity contribution is 0.430. The van der Waals surface area contributed by atoms with Crippen LogP contribution < -0.4 is 5.32 Å². The van der Waals surface area contributed by atoms with Gasteiger partial charge in [-0.3, -0.25) is 4.98 Å². The Hall–Kier alpha value is -0.410. The topological polar surface area (TPSA) is 24.9 Å². The van der Waals surface area contributed by atoms with Crippen LogP contribution in [-0.2, 0) is 6.42 Å². The van der Waals surface area contributed by atoms with E-state index in [4.69, 9.17) is 0 Å². The number of likely N-dealkylation sites (N-methyl/N-ethyl adjacent to an activating group) is 1. The van der Waals surface area contributed by atoms with E-state index in [9.17, 15) is 0 Å². The van der Waals surface area contributed by atoms with Crippen molar-refractivity contribution in [1.82, 2.24) is 10.3 Å². The van der Waals surface area contributed by atoms with Crippen molar-refractivity contribution in [2.75, 3.05) is 7.05 Å². The van der Waals surface area contributed by atoms with Gasteiger partial charge in [0.15, 0.2) is 0 Å².